The van der Waals surface area contributed by atoms with E-state index >= 15 is 0 Å². The van der Waals surface area contributed by atoms with Gasteiger partial charge in [0.2, 0.25) is 5.91 Å². The molecule has 3 rings (SSSR count). The van der Waals surface area contributed by atoms with Crippen LogP contribution in [0.2, 0.25) is 0 Å². The molecular formula is C16H21FN2O. The fourth-order valence-electron chi connectivity index (χ4n) is 3.11. The smallest absolute Gasteiger partial charge is 0.230 e. The topological polar surface area (TPSA) is 41.1 Å². The van der Waals surface area contributed by atoms with Gasteiger partial charge in [-0.3, -0.25) is 4.79 Å². The standard InChI is InChI=1S/C16H21FN2O/c1-2-6-16(7-8-16)15(20)19-13-4-3-11-10-18-9-5-12(11)14(13)17/h3-4,18H,2,5-10H2,1H3,(H,19,20). The van der Waals surface area contributed by atoms with Gasteiger partial charge in [0.15, 0.2) is 0 Å². The molecule has 0 atom stereocenters. The van der Waals surface area contributed by atoms with Gasteiger partial charge in [0.25, 0.3) is 0 Å². The van der Waals surface area contributed by atoms with E-state index in [0.29, 0.717) is 18.7 Å². The number of halogens is 1. The molecule has 1 aliphatic carbocycles. The van der Waals surface area contributed by atoms with E-state index in [4.69, 9.17) is 0 Å². The Balaban J connectivity index is 1.80. The van der Waals surface area contributed by atoms with Crippen LogP contribution in [0.4, 0.5) is 10.1 Å². The summed E-state index contributed by atoms with van der Waals surface area (Å²) in [6.45, 7) is 3.58. The number of amides is 1. The van der Waals surface area contributed by atoms with Crippen molar-refractivity contribution in [2.75, 3.05) is 11.9 Å². The van der Waals surface area contributed by atoms with Crippen molar-refractivity contribution in [2.45, 2.75) is 45.6 Å². The maximum atomic E-state index is 14.5. The van der Waals surface area contributed by atoms with Crippen LogP contribution in [0.1, 0.15) is 43.7 Å². The predicted octanol–water partition coefficient (Wildman–Crippen LogP) is 2.99. The highest BCUT2D eigenvalue weighted by atomic mass is 19.1. The second-order valence-electron chi connectivity index (χ2n) is 5.98. The molecule has 3 nitrogen and oxygen atoms in total. The molecule has 0 spiro atoms. The van der Waals surface area contributed by atoms with E-state index in [1.807, 2.05) is 6.07 Å². The third-order valence-corrected chi connectivity index (χ3v) is 4.52. The van der Waals surface area contributed by atoms with Gasteiger partial charge in [0.05, 0.1) is 5.69 Å². The van der Waals surface area contributed by atoms with Crippen LogP contribution in [-0.4, -0.2) is 12.5 Å². The monoisotopic (exact) mass is 276 g/mol. The third kappa shape index (κ3) is 2.33. The molecule has 1 amide bonds. The van der Waals surface area contributed by atoms with Crippen LogP contribution in [0.15, 0.2) is 12.1 Å². The molecule has 0 unspecified atom stereocenters. The van der Waals surface area contributed by atoms with Crippen molar-refractivity contribution in [3.05, 3.63) is 29.1 Å². The van der Waals surface area contributed by atoms with E-state index in [0.717, 1.165) is 43.4 Å². The summed E-state index contributed by atoms with van der Waals surface area (Å²) in [5.74, 6) is -0.253. The molecule has 1 aliphatic heterocycles. The highest BCUT2D eigenvalue weighted by Crippen LogP contribution is 2.50. The minimum Gasteiger partial charge on any atom is -0.323 e. The largest absolute Gasteiger partial charge is 0.323 e. The lowest BCUT2D eigenvalue weighted by atomic mass is 9.97. The van der Waals surface area contributed by atoms with Crippen LogP contribution >= 0.6 is 0 Å². The lowest BCUT2D eigenvalue weighted by Crippen LogP contribution is -2.27. The molecule has 2 N–H and O–H groups in total. The maximum Gasteiger partial charge on any atom is 0.230 e. The fraction of sp³-hybridized carbons (Fsp3) is 0.562. The van der Waals surface area contributed by atoms with Crippen LogP contribution in [-0.2, 0) is 17.8 Å². The third-order valence-electron chi connectivity index (χ3n) is 4.52. The Morgan fingerprint density at radius 1 is 1.45 bits per heavy atom. The number of anilines is 1. The minimum absolute atomic E-state index is 0.00728. The summed E-state index contributed by atoms with van der Waals surface area (Å²) in [5, 5.41) is 6.04. The SMILES string of the molecule is CCCC1(C(=O)Nc2ccc3c(c2F)CCNC3)CC1. The number of nitrogens with one attached hydrogen (secondary N) is 2. The second kappa shape index (κ2) is 5.17. The molecule has 0 radical (unpaired) electrons. The van der Waals surface area contributed by atoms with Crippen LogP contribution in [0.3, 0.4) is 0 Å². The highest BCUT2D eigenvalue weighted by molar-refractivity contribution is 5.97. The zero-order chi connectivity index (χ0) is 14.2. The molecule has 0 aromatic heterocycles. The molecule has 1 aromatic rings. The van der Waals surface area contributed by atoms with Gasteiger partial charge < -0.3 is 10.6 Å². The first-order valence-corrected chi connectivity index (χ1v) is 7.49. The summed E-state index contributed by atoms with van der Waals surface area (Å²) in [7, 11) is 0. The molecular weight excluding hydrogens is 255 g/mol. The molecule has 20 heavy (non-hydrogen) atoms. The summed E-state index contributed by atoms with van der Waals surface area (Å²) < 4.78 is 14.5. The van der Waals surface area contributed by atoms with Gasteiger partial charge in [-0.1, -0.05) is 19.4 Å². The molecule has 0 saturated heterocycles. The van der Waals surface area contributed by atoms with Crippen molar-refractivity contribution in [3.8, 4) is 0 Å². The molecule has 2 aliphatic rings. The van der Waals surface area contributed by atoms with Crippen molar-refractivity contribution >= 4 is 11.6 Å². The van der Waals surface area contributed by atoms with E-state index < -0.39 is 0 Å². The number of rotatable bonds is 4. The van der Waals surface area contributed by atoms with Gasteiger partial charge in [0, 0.05) is 12.0 Å². The number of fused-ring (bicyclic) bond motifs is 1. The van der Waals surface area contributed by atoms with Gasteiger partial charge in [-0.2, -0.15) is 0 Å². The van der Waals surface area contributed by atoms with Crippen molar-refractivity contribution in [1.82, 2.24) is 5.32 Å². The lowest BCUT2D eigenvalue weighted by molar-refractivity contribution is -0.121. The molecule has 108 valence electrons. The molecule has 0 bridgehead atoms. The van der Waals surface area contributed by atoms with E-state index in [-0.39, 0.29) is 17.1 Å². The second-order valence-corrected chi connectivity index (χ2v) is 5.98. The summed E-state index contributed by atoms with van der Waals surface area (Å²) >= 11 is 0. The summed E-state index contributed by atoms with van der Waals surface area (Å²) in [4.78, 5) is 12.3. The number of hydrogen-bond donors (Lipinski definition) is 2. The molecule has 1 fully saturated rings. The Morgan fingerprint density at radius 2 is 2.25 bits per heavy atom. The average molecular weight is 276 g/mol. The van der Waals surface area contributed by atoms with E-state index in [9.17, 15) is 9.18 Å². The predicted molar refractivity (Wildman–Crippen MR) is 77.0 cm³/mol. The Labute approximate surface area is 118 Å². The number of carbonyl (C=O) groups is 1. The first-order valence-electron chi connectivity index (χ1n) is 7.49. The van der Waals surface area contributed by atoms with Gasteiger partial charge in [-0.15, -0.1) is 0 Å². The summed E-state index contributed by atoms with van der Waals surface area (Å²) in [6.07, 6.45) is 4.44. The summed E-state index contributed by atoms with van der Waals surface area (Å²) in [6, 6.07) is 3.61. The molecule has 1 heterocycles. The van der Waals surface area contributed by atoms with Crippen LogP contribution in [0.5, 0.6) is 0 Å². The van der Waals surface area contributed by atoms with Gasteiger partial charge in [-0.25, -0.2) is 4.39 Å². The van der Waals surface area contributed by atoms with Crippen molar-refractivity contribution < 1.29 is 9.18 Å². The van der Waals surface area contributed by atoms with Crippen LogP contribution in [0, 0.1) is 11.2 Å². The maximum absolute atomic E-state index is 14.5. The minimum atomic E-state index is -0.246. The highest BCUT2D eigenvalue weighted by Gasteiger charge is 2.48. The fourth-order valence-corrected chi connectivity index (χ4v) is 3.11. The Hall–Kier alpha value is -1.42. The number of benzene rings is 1. The zero-order valence-electron chi connectivity index (χ0n) is 11.9. The zero-order valence-corrected chi connectivity index (χ0v) is 11.9. The van der Waals surface area contributed by atoms with Crippen LogP contribution in [0.25, 0.3) is 0 Å². The van der Waals surface area contributed by atoms with Gasteiger partial charge in [-0.05, 0) is 49.4 Å². The van der Waals surface area contributed by atoms with Crippen LogP contribution < -0.4 is 10.6 Å². The van der Waals surface area contributed by atoms with E-state index in [1.54, 1.807) is 6.07 Å². The Kier molecular flexibility index (Phi) is 3.50. The molecule has 4 heteroatoms. The molecule has 1 aromatic carbocycles. The van der Waals surface area contributed by atoms with Crippen molar-refractivity contribution in [2.24, 2.45) is 5.41 Å². The Bertz CT molecular complexity index is 538. The summed E-state index contributed by atoms with van der Waals surface area (Å²) in [5.41, 5.74) is 1.87. The Morgan fingerprint density at radius 3 is 2.95 bits per heavy atom. The first-order chi connectivity index (χ1) is 9.66. The average Bonchev–Trinajstić information content (AvgIpc) is 3.24. The van der Waals surface area contributed by atoms with Crippen molar-refractivity contribution in [3.63, 3.8) is 0 Å². The number of hydrogen-bond acceptors (Lipinski definition) is 2. The quantitative estimate of drug-likeness (QED) is 0.887. The van der Waals surface area contributed by atoms with E-state index in [1.165, 1.54) is 0 Å². The number of carbonyl (C=O) groups excluding carboxylic acids is 1. The lowest BCUT2D eigenvalue weighted by Gasteiger charge is -2.20. The van der Waals surface area contributed by atoms with Gasteiger partial charge in [0.1, 0.15) is 5.82 Å². The normalized spacial score (nSPS) is 19.3. The molecule has 1 saturated carbocycles. The van der Waals surface area contributed by atoms with Crippen molar-refractivity contribution in [1.29, 1.82) is 0 Å². The first kappa shape index (κ1) is 13.6. The van der Waals surface area contributed by atoms with Gasteiger partial charge >= 0.3 is 0 Å². The van der Waals surface area contributed by atoms with E-state index in [2.05, 4.69) is 17.6 Å².